The van der Waals surface area contributed by atoms with E-state index < -0.39 is 0 Å². The summed E-state index contributed by atoms with van der Waals surface area (Å²) in [6, 6.07) is 20.4. The van der Waals surface area contributed by atoms with Crippen molar-refractivity contribution in [3.63, 3.8) is 0 Å². The molecule has 19 heavy (non-hydrogen) atoms. The molecular formula is C17H13FO. The topological polar surface area (TPSA) is 9.23 Å². The first-order chi connectivity index (χ1) is 9.33. The minimum atomic E-state index is -0.247. The first kappa shape index (κ1) is 11.7. The Morgan fingerprint density at radius 2 is 1.68 bits per heavy atom. The molecule has 3 aromatic carbocycles. The van der Waals surface area contributed by atoms with Gasteiger partial charge in [0.2, 0.25) is 0 Å². The monoisotopic (exact) mass is 252 g/mol. The van der Waals surface area contributed by atoms with E-state index in [0.717, 1.165) is 16.3 Å². The van der Waals surface area contributed by atoms with Gasteiger partial charge in [0.05, 0.1) is 0 Å². The number of hydrogen-bond donors (Lipinski definition) is 0. The van der Waals surface area contributed by atoms with Crippen LogP contribution in [0.3, 0.4) is 0 Å². The van der Waals surface area contributed by atoms with Gasteiger partial charge in [0.25, 0.3) is 0 Å². The molecule has 0 unspecified atom stereocenters. The zero-order chi connectivity index (χ0) is 13.1. The van der Waals surface area contributed by atoms with E-state index in [2.05, 4.69) is 0 Å². The van der Waals surface area contributed by atoms with Crippen molar-refractivity contribution in [2.24, 2.45) is 0 Å². The Balaban J connectivity index is 1.90. The molecule has 0 spiro atoms. The van der Waals surface area contributed by atoms with E-state index in [0.29, 0.717) is 12.4 Å². The highest BCUT2D eigenvalue weighted by Crippen LogP contribution is 2.26. The quantitative estimate of drug-likeness (QED) is 0.664. The number of halogens is 1. The Hall–Kier alpha value is -2.35. The SMILES string of the molecule is Fc1ccc2cccc(OCc3ccccc3)c2c1. The van der Waals surface area contributed by atoms with Crippen molar-refractivity contribution in [2.75, 3.05) is 0 Å². The standard InChI is InChI=1S/C17H13FO/c18-15-10-9-14-7-4-8-17(16(14)11-15)19-12-13-5-2-1-3-6-13/h1-11H,12H2. The highest BCUT2D eigenvalue weighted by Gasteiger charge is 2.03. The minimum Gasteiger partial charge on any atom is -0.488 e. The molecule has 0 bridgehead atoms. The number of hydrogen-bond acceptors (Lipinski definition) is 1. The van der Waals surface area contributed by atoms with E-state index in [4.69, 9.17) is 4.74 Å². The molecule has 0 amide bonds. The van der Waals surface area contributed by atoms with Crippen molar-refractivity contribution in [2.45, 2.75) is 6.61 Å². The number of benzene rings is 3. The van der Waals surface area contributed by atoms with E-state index in [1.807, 2.05) is 48.5 Å². The van der Waals surface area contributed by atoms with E-state index in [1.54, 1.807) is 6.07 Å². The van der Waals surface area contributed by atoms with Crippen LogP contribution < -0.4 is 4.74 Å². The molecule has 2 heteroatoms. The van der Waals surface area contributed by atoms with Crippen LogP contribution in [0.25, 0.3) is 10.8 Å². The minimum absolute atomic E-state index is 0.247. The molecule has 3 rings (SSSR count). The number of fused-ring (bicyclic) bond motifs is 1. The molecule has 94 valence electrons. The Kier molecular flexibility index (Phi) is 3.15. The second-order valence-electron chi connectivity index (χ2n) is 4.40. The van der Waals surface area contributed by atoms with Crippen LogP contribution in [-0.2, 0) is 6.61 Å². The van der Waals surface area contributed by atoms with Crippen molar-refractivity contribution in [3.8, 4) is 5.75 Å². The lowest BCUT2D eigenvalue weighted by Gasteiger charge is -2.09. The summed E-state index contributed by atoms with van der Waals surface area (Å²) in [4.78, 5) is 0. The number of ether oxygens (including phenoxy) is 1. The maximum absolute atomic E-state index is 13.3. The smallest absolute Gasteiger partial charge is 0.127 e. The highest BCUT2D eigenvalue weighted by molar-refractivity contribution is 5.88. The van der Waals surface area contributed by atoms with Crippen molar-refractivity contribution in [1.29, 1.82) is 0 Å². The Bertz CT molecular complexity index is 692. The van der Waals surface area contributed by atoms with Gasteiger partial charge in [-0.3, -0.25) is 0 Å². The fourth-order valence-corrected chi connectivity index (χ4v) is 2.08. The van der Waals surface area contributed by atoms with Gasteiger partial charge >= 0.3 is 0 Å². The molecule has 0 aliphatic rings. The summed E-state index contributed by atoms with van der Waals surface area (Å²) in [6.07, 6.45) is 0. The third-order valence-corrected chi connectivity index (χ3v) is 3.04. The van der Waals surface area contributed by atoms with Crippen molar-refractivity contribution < 1.29 is 9.13 Å². The van der Waals surface area contributed by atoms with Gasteiger partial charge in [0, 0.05) is 5.39 Å². The van der Waals surface area contributed by atoms with Crippen molar-refractivity contribution >= 4 is 10.8 Å². The summed E-state index contributed by atoms with van der Waals surface area (Å²) in [5, 5.41) is 1.78. The van der Waals surface area contributed by atoms with Gasteiger partial charge in [-0.1, -0.05) is 48.5 Å². The highest BCUT2D eigenvalue weighted by atomic mass is 19.1. The lowest BCUT2D eigenvalue weighted by molar-refractivity contribution is 0.310. The van der Waals surface area contributed by atoms with Gasteiger partial charge < -0.3 is 4.74 Å². The fraction of sp³-hybridized carbons (Fsp3) is 0.0588. The third kappa shape index (κ3) is 2.58. The van der Waals surface area contributed by atoms with Crippen LogP contribution in [0.2, 0.25) is 0 Å². The maximum Gasteiger partial charge on any atom is 0.127 e. The van der Waals surface area contributed by atoms with Crippen LogP contribution in [0.15, 0.2) is 66.7 Å². The molecule has 0 atom stereocenters. The summed E-state index contributed by atoms with van der Waals surface area (Å²) in [5.41, 5.74) is 1.09. The van der Waals surface area contributed by atoms with E-state index in [-0.39, 0.29) is 5.82 Å². The average molecular weight is 252 g/mol. The molecule has 1 nitrogen and oxygen atoms in total. The lowest BCUT2D eigenvalue weighted by atomic mass is 10.1. The van der Waals surface area contributed by atoms with Gasteiger partial charge in [-0.05, 0) is 29.1 Å². The molecule has 0 N–H and O–H groups in total. The molecule has 0 saturated carbocycles. The van der Waals surface area contributed by atoms with Crippen LogP contribution in [0.1, 0.15) is 5.56 Å². The molecule has 0 saturated heterocycles. The van der Waals surface area contributed by atoms with Crippen LogP contribution in [0.5, 0.6) is 5.75 Å². The summed E-state index contributed by atoms with van der Waals surface area (Å²) >= 11 is 0. The predicted molar refractivity (Wildman–Crippen MR) is 74.7 cm³/mol. The second kappa shape index (κ2) is 5.11. The first-order valence-electron chi connectivity index (χ1n) is 6.18. The second-order valence-corrected chi connectivity index (χ2v) is 4.40. The van der Waals surface area contributed by atoms with Crippen LogP contribution >= 0.6 is 0 Å². The summed E-state index contributed by atoms with van der Waals surface area (Å²) in [6.45, 7) is 0.483. The van der Waals surface area contributed by atoms with Crippen molar-refractivity contribution in [1.82, 2.24) is 0 Å². The summed E-state index contributed by atoms with van der Waals surface area (Å²) < 4.78 is 19.1. The largest absolute Gasteiger partial charge is 0.488 e. The Labute approximate surface area is 111 Å². The van der Waals surface area contributed by atoms with Crippen LogP contribution in [-0.4, -0.2) is 0 Å². The molecule has 0 aromatic heterocycles. The fourth-order valence-electron chi connectivity index (χ4n) is 2.08. The zero-order valence-corrected chi connectivity index (χ0v) is 10.3. The van der Waals surface area contributed by atoms with E-state index in [9.17, 15) is 4.39 Å². The van der Waals surface area contributed by atoms with Gasteiger partial charge in [-0.2, -0.15) is 0 Å². The van der Waals surface area contributed by atoms with E-state index >= 15 is 0 Å². The summed E-state index contributed by atoms with van der Waals surface area (Å²) in [5.74, 6) is 0.462. The van der Waals surface area contributed by atoms with Gasteiger partial charge in [-0.25, -0.2) is 4.39 Å². The normalized spacial score (nSPS) is 10.6. The first-order valence-corrected chi connectivity index (χ1v) is 6.18. The number of rotatable bonds is 3. The molecule has 0 aliphatic heterocycles. The summed E-state index contributed by atoms with van der Waals surface area (Å²) in [7, 11) is 0. The van der Waals surface area contributed by atoms with Crippen LogP contribution in [0.4, 0.5) is 4.39 Å². The molecule has 0 heterocycles. The van der Waals surface area contributed by atoms with Gasteiger partial charge in [-0.15, -0.1) is 0 Å². The molecule has 0 aliphatic carbocycles. The molecule has 0 fully saturated rings. The van der Waals surface area contributed by atoms with E-state index in [1.165, 1.54) is 12.1 Å². The van der Waals surface area contributed by atoms with Gasteiger partial charge in [0.15, 0.2) is 0 Å². The third-order valence-electron chi connectivity index (χ3n) is 3.04. The van der Waals surface area contributed by atoms with Gasteiger partial charge in [0.1, 0.15) is 18.2 Å². The molecule has 3 aromatic rings. The lowest BCUT2D eigenvalue weighted by Crippen LogP contribution is -1.95. The Morgan fingerprint density at radius 1 is 0.842 bits per heavy atom. The Morgan fingerprint density at radius 3 is 2.53 bits per heavy atom. The zero-order valence-electron chi connectivity index (χ0n) is 10.3. The van der Waals surface area contributed by atoms with Crippen molar-refractivity contribution in [3.05, 3.63) is 78.1 Å². The average Bonchev–Trinajstić information content (AvgIpc) is 2.46. The molecule has 0 radical (unpaired) electrons. The van der Waals surface area contributed by atoms with Crippen LogP contribution in [0, 0.1) is 5.82 Å². The molecular weight excluding hydrogens is 239 g/mol. The predicted octanol–water partition coefficient (Wildman–Crippen LogP) is 4.56. The maximum atomic E-state index is 13.3.